The maximum atomic E-state index is 13.2. The molecule has 2 saturated heterocycles. The van der Waals surface area contributed by atoms with Crippen LogP contribution in [-0.4, -0.2) is 36.0 Å². The molecule has 0 radical (unpaired) electrons. The fraction of sp³-hybridized carbons (Fsp3) is 0.333. The second kappa shape index (κ2) is 7.65. The fourth-order valence-corrected chi connectivity index (χ4v) is 4.28. The summed E-state index contributed by atoms with van der Waals surface area (Å²) in [4.78, 5) is 14.4. The molecule has 29 heavy (non-hydrogen) atoms. The predicted molar refractivity (Wildman–Crippen MR) is 110 cm³/mol. The minimum Gasteiger partial charge on any atom is -0.379 e. The number of carbonyl (C=O) groups excluding carboxylic acids is 1. The molecule has 2 aromatic carbocycles. The van der Waals surface area contributed by atoms with E-state index in [1.165, 1.54) is 17.0 Å². The summed E-state index contributed by atoms with van der Waals surface area (Å²) in [6, 6.07) is 11.4. The second-order valence-corrected chi connectivity index (χ2v) is 7.94. The van der Waals surface area contributed by atoms with Gasteiger partial charge in [-0.15, -0.1) is 0 Å². The number of guanidine groups is 1. The molecule has 8 heteroatoms. The quantitative estimate of drug-likeness (QED) is 0.704. The number of anilines is 2. The van der Waals surface area contributed by atoms with Gasteiger partial charge in [0, 0.05) is 12.3 Å². The molecule has 0 spiro atoms. The van der Waals surface area contributed by atoms with E-state index >= 15 is 0 Å². The average molecular weight is 417 g/mol. The van der Waals surface area contributed by atoms with Crippen molar-refractivity contribution >= 4 is 34.8 Å². The van der Waals surface area contributed by atoms with Crippen molar-refractivity contribution in [2.75, 3.05) is 18.5 Å². The van der Waals surface area contributed by atoms with Crippen LogP contribution in [-0.2, 0) is 15.1 Å². The van der Waals surface area contributed by atoms with Gasteiger partial charge in [-0.3, -0.25) is 15.1 Å². The van der Waals surface area contributed by atoms with Crippen LogP contribution in [0.25, 0.3) is 0 Å². The van der Waals surface area contributed by atoms with Gasteiger partial charge < -0.3 is 15.4 Å². The van der Waals surface area contributed by atoms with Gasteiger partial charge in [-0.25, -0.2) is 4.39 Å². The molecule has 4 rings (SSSR count). The number of nitrogens with one attached hydrogen (secondary N) is 3. The van der Waals surface area contributed by atoms with Crippen molar-refractivity contribution in [2.24, 2.45) is 0 Å². The van der Waals surface area contributed by atoms with Crippen molar-refractivity contribution in [3.63, 3.8) is 0 Å². The Balaban J connectivity index is 1.60. The van der Waals surface area contributed by atoms with Crippen LogP contribution in [0.4, 0.5) is 15.8 Å². The first-order valence-corrected chi connectivity index (χ1v) is 9.83. The van der Waals surface area contributed by atoms with E-state index in [0.717, 1.165) is 6.42 Å². The van der Waals surface area contributed by atoms with Gasteiger partial charge in [-0.05, 0) is 49.2 Å². The molecule has 0 bridgehead atoms. The smallest absolute Gasteiger partial charge is 0.232 e. The number of benzene rings is 2. The summed E-state index contributed by atoms with van der Waals surface area (Å²) in [7, 11) is 0. The number of hydrogen-bond donors (Lipinski definition) is 3. The van der Waals surface area contributed by atoms with Gasteiger partial charge >= 0.3 is 0 Å². The zero-order chi connectivity index (χ0) is 20.6. The van der Waals surface area contributed by atoms with Crippen LogP contribution in [0.2, 0.25) is 5.02 Å². The van der Waals surface area contributed by atoms with E-state index in [4.69, 9.17) is 21.7 Å². The normalized spacial score (nSPS) is 24.5. The van der Waals surface area contributed by atoms with Gasteiger partial charge in [0.2, 0.25) is 5.91 Å². The fourth-order valence-electron chi connectivity index (χ4n) is 3.90. The molecule has 2 aliphatic heterocycles. The van der Waals surface area contributed by atoms with Crippen LogP contribution in [0, 0.1) is 11.2 Å². The van der Waals surface area contributed by atoms with E-state index < -0.39 is 5.54 Å². The molecule has 2 fully saturated rings. The van der Waals surface area contributed by atoms with Crippen molar-refractivity contribution < 1.29 is 13.9 Å². The highest BCUT2D eigenvalue weighted by atomic mass is 35.5. The van der Waals surface area contributed by atoms with Crippen molar-refractivity contribution in [3.8, 4) is 0 Å². The first kappa shape index (κ1) is 19.7. The van der Waals surface area contributed by atoms with Gasteiger partial charge in [-0.1, -0.05) is 23.7 Å². The molecule has 1 amide bonds. The summed E-state index contributed by atoms with van der Waals surface area (Å²) >= 11 is 6.68. The maximum absolute atomic E-state index is 13.2. The summed E-state index contributed by atoms with van der Waals surface area (Å²) < 4.78 is 18.5. The number of halogens is 2. The second-order valence-electron chi connectivity index (χ2n) is 7.56. The molecular formula is C21H22ClFN4O2. The average Bonchev–Trinajstić information content (AvgIpc) is 3.18. The Kier molecular flexibility index (Phi) is 5.19. The zero-order valence-electron chi connectivity index (χ0n) is 16.0. The zero-order valence-corrected chi connectivity index (χ0v) is 16.7. The largest absolute Gasteiger partial charge is 0.379 e. The number of amides is 1. The predicted octanol–water partition coefficient (Wildman–Crippen LogP) is 3.98. The van der Waals surface area contributed by atoms with Gasteiger partial charge in [0.25, 0.3) is 0 Å². The van der Waals surface area contributed by atoms with Gasteiger partial charge in [-0.2, -0.15) is 0 Å². The molecule has 6 nitrogen and oxygen atoms in total. The molecule has 2 atom stereocenters. The Morgan fingerprint density at radius 1 is 1.31 bits per heavy atom. The Labute approximate surface area is 173 Å². The molecule has 3 N–H and O–H groups in total. The number of ether oxygens (including phenoxy) is 1. The van der Waals surface area contributed by atoms with Crippen molar-refractivity contribution in [1.29, 1.82) is 5.41 Å². The van der Waals surface area contributed by atoms with Crippen molar-refractivity contribution in [2.45, 2.75) is 31.3 Å². The summed E-state index contributed by atoms with van der Waals surface area (Å²) in [6.07, 6.45) is 0.899. The Morgan fingerprint density at radius 2 is 2.07 bits per heavy atom. The van der Waals surface area contributed by atoms with Crippen LogP contribution < -0.4 is 10.6 Å². The van der Waals surface area contributed by atoms with E-state index in [1.807, 2.05) is 25.1 Å². The molecule has 2 aliphatic rings. The van der Waals surface area contributed by atoms with E-state index in [9.17, 15) is 9.18 Å². The molecule has 2 heterocycles. The molecule has 0 aliphatic carbocycles. The Morgan fingerprint density at radius 3 is 2.72 bits per heavy atom. The number of rotatable bonds is 4. The van der Waals surface area contributed by atoms with Crippen LogP contribution >= 0.6 is 11.6 Å². The summed E-state index contributed by atoms with van der Waals surface area (Å²) in [5.41, 5.74) is 1.24. The lowest BCUT2D eigenvalue weighted by Gasteiger charge is -2.43. The third-order valence-corrected chi connectivity index (χ3v) is 5.80. The van der Waals surface area contributed by atoms with Crippen LogP contribution in [0.5, 0.6) is 0 Å². The highest BCUT2D eigenvalue weighted by Crippen LogP contribution is 2.39. The first-order valence-electron chi connectivity index (χ1n) is 9.45. The Hall–Kier alpha value is -2.64. The molecule has 152 valence electrons. The minimum atomic E-state index is -0.818. The minimum absolute atomic E-state index is 0.0622. The lowest BCUT2D eigenvalue weighted by molar-refractivity contribution is -0.132. The topological polar surface area (TPSA) is 77.5 Å². The van der Waals surface area contributed by atoms with Gasteiger partial charge in [0.05, 0.1) is 35.3 Å². The van der Waals surface area contributed by atoms with E-state index in [1.54, 1.807) is 12.1 Å². The highest BCUT2D eigenvalue weighted by molar-refractivity contribution is 6.34. The maximum Gasteiger partial charge on any atom is 0.232 e. The molecule has 0 saturated carbocycles. The standard InChI is InChI=1S/C21H22ClFN4O2/c1-21(11-18(28)27(20(24)26-21)15-9-10-29-12-15)16-3-2-4-17(19(16)22)25-14-7-5-13(23)6-8-14/h2-8,15,25H,9-12H2,1H3,(H2,24,26)/t15-,21+/m1/s1. The van der Waals surface area contributed by atoms with Crippen LogP contribution in [0.1, 0.15) is 25.3 Å². The summed E-state index contributed by atoms with van der Waals surface area (Å²) in [5, 5.41) is 15.2. The van der Waals surface area contributed by atoms with E-state index in [0.29, 0.717) is 35.2 Å². The van der Waals surface area contributed by atoms with E-state index in [-0.39, 0.29) is 30.1 Å². The summed E-state index contributed by atoms with van der Waals surface area (Å²) in [5.74, 6) is -0.379. The molecule has 0 unspecified atom stereocenters. The van der Waals surface area contributed by atoms with Gasteiger partial charge in [0.1, 0.15) is 5.82 Å². The highest BCUT2D eigenvalue weighted by Gasteiger charge is 2.43. The molecular weight excluding hydrogens is 395 g/mol. The van der Waals surface area contributed by atoms with Gasteiger partial charge in [0.15, 0.2) is 5.96 Å². The number of nitrogens with zero attached hydrogens (tertiary/aromatic N) is 1. The van der Waals surface area contributed by atoms with E-state index in [2.05, 4.69) is 10.6 Å². The number of carbonyl (C=O) groups is 1. The van der Waals surface area contributed by atoms with Crippen molar-refractivity contribution in [3.05, 3.63) is 58.9 Å². The monoisotopic (exact) mass is 416 g/mol. The molecule has 0 aromatic heterocycles. The SMILES string of the molecule is C[C@@]1(c2cccc(Nc3ccc(F)cc3)c2Cl)CC(=O)N([C@@H]2CCOC2)C(=N)N1. The Bertz CT molecular complexity index is 926. The third-order valence-electron chi connectivity index (χ3n) is 5.40. The van der Waals surface area contributed by atoms with Crippen LogP contribution in [0.3, 0.4) is 0 Å². The summed E-state index contributed by atoms with van der Waals surface area (Å²) in [6.45, 7) is 2.91. The lowest BCUT2D eigenvalue weighted by atomic mass is 9.85. The third kappa shape index (κ3) is 3.80. The van der Waals surface area contributed by atoms with Crippen LogP contribution in [0.15, 0.2) is 42.5 Å². The van der Waals surface area contributed by atoms with Crippen molar-refractivity contribution in [1.82, 2.24) is 10.2 Å². The first-order chi connectivity index (χ1) is 13.9. The molecule has 2 aromatic rings. The number of hydrogen-bond acceptors (Lipinski definition) is 4. The lowest BCUT2D eigenvalue weighted by Crippen LogP contribution is -2.62.